The Morgan fingerprint density at radius 2 is 1.67 bits per heavy atom. The number of aryl methyl sites for hydroxylation is 1. The van der Waals surface area contributed by atoms with Crippen LogP contribution in [-0.4, -0.2) is 61.3 Å². The fourth-order valence-corrected chi connectivity index (χ4v) is 5.84. The molecule has 1 heterocycles. The quantitative estimate of drug-likeness (QED) is 0.405. The van der Waals surface area contributed by atoms with Crippen LogP contribution < -0.4 is 5.32 Å². The number of amides is 2. The average Bonchev–Trinajstić information content (AvgIpc) is 2.94. The molecule has 1 saturated heterocycles. The van der Waals surface area contributed by atoms with Crippen molar-refractivity contribution in [3.05, 3.63) is 101 Å². The summed E-state index contributed by atoms with van der Waals surface area (Å²) in [4.78, 5) is 30.9. The van der Waals surface area contributed by atoms with Gasteiger partial charge in [0, 0.05) is 49.9 Å². The molecule has 4 rings (SSSR count). The second-order valence-electron chi connectivity index (χ2n) is 9.07. The monoisotopic (exact) mass is 564 g/mol. The van der Waals surface area contributed by atoms with Gasteiger partial charge in [0.05, 0.1) is 21.3 Å². The van der Waals surface area contributed by atoms with Gasteiger partial charge >= 0.3 is 0 Å². The van der Waals surface area contributed by atoms with Crippen molar-refractivity contribution in [2.45, 2.75) is 18.7 Å². The topological polar surface area (TPSA) is 99.1 Å². The maximum atomic E-state index is 13.0. The highest BCUT2D eigenvalue weighted by Gasteiger charge is 2.29. The average molecular weight is 565 g/mol. The number of carbonyl (C=O) groups is 2. The van der Waals surface area contributed by atoms with E-state index in [9.17, 15) is 18.0 Å². The van der Waals surface area contributed by atoms with Gasteiger partial charge in [-0.2, -0.15) is 4.31 Å². The third kappa shape index (κ3) is 6.44. The van der Waals surface area contributed by atoms with E-state index in [4.69, 9.17) is 16.6 Å². The van der Waals surface area contributed by atoms with Gasteiger partial charge in [-0.05, 0) is 67.1 Å². The molecule has 1 aliphatic heterocycles. The number of carbonyl (C=O) groups excluding carboxylic acids is 2. The van der Waals surface area contributed by atoms with Crippen LogP contribution in [0.5, 0.6) is 0 Å². The third-order valence-electron chi connectivity index (χ3n) is 6.49. The molecule has 8 nitrogen and oxygen atoms in total. The highest BCUT2D eigenvalue weighted by molar-refractivity contribution is 7.89. The smallest absolute Gasteiger partial charge is 0.255 e. The maximum absolute atomic E-state index is 13.0. The number of nitrogens with one attached hydrogen (secondary N) is 1. The number of hydrogen-bond acceptors (Lipinski definition) is 5. The van der Waals surface area contributed by atoms with Crippen molar-refractivity contribution < 1.29 is 18.0 Å². The van der Waals surface area contributed by atoms with Crippen LogP contribution >= 0.6 is 11.6 Å². The molecule has 0 unspecified atom stereocenters. The Balaban J connectivity index is 1.49. The first-order valence-electron chi connectivity index (χ1n) is 12.3. The Hall–Kier alpha value is -3.79. The summed E-state index contributed by atoms with van der Waals surface area (Å²) in [6, 6.07) is 18.5. The van der Waals surface area contributed by atoms with Crippen molar-refractivity contribution in [2.75, 3.05) is 31.5 Å². The summed E-state index contributed by atoms with van der Waals surface area (Å²) in [5, 5.41) is 3.29. The number of aliphatic imine (C=N–C) groups is 1. The highest BCUT2D eigenvalue weighted by Crippen LogP contribution is 2.26. The van der Waals surface area contributed by atoms with Crippen molar-refractivity contribution in [3.8, 4) is 0 Å². The number of hydrogen-bond donors (Lipinski definition) is 1. The first-order valence-corrected chi connectivity index (χ1v) is 14.2. The predicted molar refractivity (Wildman–Crippen MR) is 154 cm³/mol. The summed E-state index contributed by atoms with van der Waals surface area (Å²) in [7, 11) is -3.74. The van der Waals surface area contributed by atoms with E-state index in [1.54, 1.807) is 29.2 Å². The van der Waals surface area contributed by atoms with E-state index in [1.807, 2.05) is 31.2 Å². The zero-order chi connectivity index (χ0) is 28.2. The van der Waals surface area contributed by atoms with Crippen LogP contribution in [0.2, 0.25) is 5.02 Å². The molecule has 0 spiro atoms. The van der Waals surface area contributed by atoms with E-state index in [0.717, 1.165) is 11.3 Å². The number of anilines is 1. The molecule has 10 heteroatoms. The van der Waals surface area contributed by atoms with Gasteiger partial charge in [0.25, 0.3) is 5.91 Å². The fourth-order valence-electron chi connectivity index (χ4n) is 4.21. The normalized spacial score (nSPS) is 14.6. The molecule has 0 bridgehead atoms. The van der Waals surface area contributed by atoms with Crippen LogP contribution in [0.1, 0.15) is 28.4 Å². The Bertz CT molecular complexity index is 1540. The summed E-state index contributed by atoms with van der Waals surface area (Å²) >= 11 is 6.46. The molecule has 0 aliphatic carbocycles. The van der Waals surface area contributed by atoms with Gasteiger partial charge in [0.15, 0.2) is 0 Å². The summed E-state index contributed by atoms with van der Waals surface area (Å²) in [6.07, 6.45) is 1.61. The Morgan fingerprint density at radius 3 is 2.28 bits per heavy atom. The lowest BCUT2D eigenvalue weighted by atomic mass is 10.1. The van der Waals surface area contributed by atoms with Crippen molar-refractivity contribution >= 4 is 50.5 Å². The number of allylic oxidation sites excluding steroid dienone is 1. The minimum atomic E-state index is -3.74. The minimum absolute atomic E-state index is 0.0745. The van der Waals surface area contributed by atoms with Crippen LogP contribution in [0.15, 0.2) is 89.3 Å². The van der Waals surface area contributed by atoms with E-state index in [-0.39, 0.29) is 23.9 Å². The van der Waals surface area contributed by atoms with E-state index in [0.29, 0.717) is 40.6 Å². The molecular formula is C29H29ClN4O4S. The van der Waals surface area contributed by atoms with Crippen LogP contribution in [0, 0.1) is 6.92 Å². The first-order chi connectivity index (χ1) is 18.6. The molecule has 0 aromatic heterocycles. The molecule has 0 atom stereocenters. The minimum Gasteiger partial charge on any atom is -0.340 e. The zero-order valence-corrected chi connectivity index (χ0v) is 23.3. The lowest BCUT2D eigenvalue weighted by Gasteiger charge is -2.33. The summed E-state index contributed by atoms with van der Waals surface area (Å²) in [5.74, 6) is -0.479. The van der Waals surface area contributed by atoms with Crippen LogP contribution in [0.3, 0.4) is 0 Å². The molecule has 1 N–H and O–H groups in total. The standard InChI is InChI=1S/C29H29ClN4O4S/c1-4-27(32-28-8-6-5-7-20(28)2)25-19-23(11-14-26(25)30)31-29(36)22-9-12-24(13-10-22)39(37,38)34-17-15-33(16-18-34)21(3)35/h4-14,19H,1,15-18H2,2-3H3,(H,31,36). The molecule has 3 aromatic rings. The summed E-state index contributed by atoms with van der Waals surface area (Å²) < 4.78 is 27.4. The first kappa shape index (κ1) is 28.2. The zero-order valence-electron chi connectivity index (χ0n) is 21.7. The van der Waals surface area contributed by atoms with E-state index < -0.39 is 15.9 Å². The van der Waals surface area contributed by atoms with E-state index in [2.05, 4.69) is 11.9 Å². The molecule has 1 aliphatic rings. The number of para-hydroxylation sites is 1. The van der Waals surface area contributed by atoms with Gasteiger partial charge in [-0.3, -0.25) is 9.59 Å². The SMILES string of the molecule is C=CC(=Nc1ccccc1C)c1cc(NC(=O)c2ccc(S(=O)(=O)N3CCN(C(C)=O)CC3)cc2)ccc1Cl. The highest BCUT2D eigenvalue weighted by atomic mass is 35.5. The van der Waals surface area contributed by atoms with Crippen molar-refractivity contribution in [1.82, 2.24) is 9.21 Å². The number of rotatable bonds is 7. The Morgan fingerprint density at radius 1 is 1.00 bits per heavy atom. The maximum Gasteiger partial charge on any atom is 0.255 e. The molecule has 39 heavy (non-hydrogen) atoms. The van der Waals surface area contributed by atoms with Gasteiger partial charge in [0.2, 0.25) is 15.9 Å². The number of piperazine rings is 1. The number of halogens is 1. The number of sulfonamides is 1. The third-order valence-corrected chi connectivity index (χ3v) is 8.73. The van der Waals surface area contributed by atoms with Gasteiger partial charge in [0.1, 0.15) is 0 Å². The van der Waals surface area contributed by atoms with Crippen molar-refractivity contribution in [2.24, 2.45) is 4.99 Å². The predicted octanol–water partition coefficient (Wildman–Crippen LogP) is 5.06. The van der Waals surface area contributed by atoms with Crippen molar-refractivity contribution in [3.63, 3.8) is 0 Å². The summed E-state index contributed by atoms with van der Waals surface area (Å²) in [5.41, 5.74) is 3.75. The Labute approximate surface area is 233 Å². The van der Waals surface area contributed by atoms with Gasteiger partial charge in [-0.25, -0.2) is 13.4 Å². The van der Waals surface area contributed by atoms with Crippen LogP contribution in [0.25, 0.3) is 0 Å². The molecule has 0 saturated carbocycles. The van der Waals surface area contributed by atoms with Crippen molar-refractivity contribution in [1.29, 1.82) is 0 Å². The van der Waals surface area contributed by atoms with Gasteiger partial charge in [-0.1, -0.05) is 36.4 Å². The number of nitrogens with zero attached hydrogens (tertiary/aromatic N) is 3. The molecule has 202 valence electrons. The molecule has 2 amide bonds. The largest absolute Gasteiger partial charge is 0.340 e. The molecular weight excluding hydrogens is 536 g/mol. The van der Waals surface area contributed by atoms with E-state index >= 15 is 0 Å². The van der Waals surface area contributed by atoms with Gasteiger partial charge in [-0.15, -0.1) is 0 Å². The Kier molecular flexibility index (Phi) is 8.64. The lowest BCUT2D eigenvalue weighted by molar-refractivity contribution is -0.129. The lowest BCUT2D eigenvalue weighted by Crippen LogP contribution is -2.49. The van der Waals surface area contributed by atoms with E-state index in [1.165, 1.54) is 35.5 Å². The molecule has 0 radical (unpaired) electrons. The molecule has 1 fully saturated rings. The van der Waals surface area contributed by atoms with Crippen LogP contribution in [0.4, 0.5) is 11.4 Å². The second-order valence-corrected chi connectivity index (χ2v) is 11.4. The fraction of sp³-hybridized carbons (Fsp3) is 0.207. The van der Waals surface area contributed by atoms with Crippen LogP contribution in [-0.2, 0) is 14.8 Å². The number of benzene rings is 3. The summed E-state index contributed by atoms with van der Waals surface area (Å²) in [6.45, 7) is 8.45. The second kappa shape index (κ2) is 11.9. The van der Waals surface area contributed by atoms with Gasteiger partial charge < -0.3 is 10.2 Å². The molecule has 3 aromatic carbocycles.